The van der Waals surface area contributed by atoms with E-state index in [0.717, 1.165) is 51.5 Å². The van der Waals surface area contributed by atoms with E-state index in [-0.39, 0.29) is 6.61 Å². The van der Waals surface area contributed by atoms with Crippen LogP contribution in [0.4, 0.5) is 11.4 Å². The summed E-state index contributed by atoms with van der Waals surface area (Å²) in [5.74, 6) is 1.24. The Morgan fingerprint density at radius 3 is 1.31 bits per heavy atom. The van der Waals surface area contributed by atoms with Crippen LogP contribution in [0.2, 0.25) is 0 Å². The Morgan fingerprint density at radius 2 is 0.918 bits per heavy atom. The minimum absolute atomic E-state index is 0.136. The first-order valence-corrected chi connectivity index (χ1v) is 25.1. The molecule has 0 amide bonds. The molecular weight excluding hydrogens is 751 g/mol. The van der Waals surface area contributed by atoms with E-state index >= 15 is 0 Å². The summed E-state index contributed by atoms with van der Waals surface area (Å²) in [5, 5.41) is 9.76. The lowest BCUT2D eigenvalue weighted by molar-refractivity contribution is 0.0341. The number of aliphatic hydroxyl groups excluding tert-OH is 1. The number of rotatable bonds is 13. The SMILES string of the molecule is CCCCN1CCN(c2ccc(CN3CCOCC3)cc2C2CC(C)(C)CC(C)(C)C2)CC1.CCCCN1CCN(c2ccc(CO)cc2C2CC(C)(C)CC(C)(C)C2)CC1. The average Bonchev–Trinajstić information content (AvgIpc) is 3.21. The predicted octanol–water partition coefficient (Wildman–Crippen LogP) is 11.2. The zero-order chi connectivity index (χ0) is 43.8. The van der Waals surface area contributed by atoms with Gasteiger partial charge in [0, 0.05) is 83.4 Å². The number of hydrogen-bond acceptors (Lipinski definition) is 7. The normalized spacial score (nSPS) is 24.0. The lowest BCUT2D eigenvalue weighted by Gasteiger charge is -2.46. The first kappa shape index (κ1) is 48.3. The molecule has 2 aliphatic carbocycles. The van der Waals surface area contributed by atoms with Crippen molar-refractivity contribution < 1.29 is 9.84 Å². The molecule has 0 radical (unpaired) electrons. The van der Waals surface area contributed by atoms with Crippen molar-refractivity contribution in [3.05, 3.63) is 58.7 Å². The largest absolute Gasteiger partial charge is 0.392 e. The fourth-order valence-corrected chi connectivity index (χ4v) is 13.0. The van der Waals surface area contributed by atoms with Crippen LogP contribution in [0.5, 0.6) is 0 Å². The van der Waals surface area contributed by atoms with Crippen molar-refractivity contribution in [1.29, 1.82) is 0 Å². The first-order valence-electron chi connectivity index (χ1n) is 25.1. The summed E-state index contributed by atoms with van der Waals surface area (Å²) in [6.07, 6.45) is 12.9. The van der Waals surface area contributed by atoms with Gasteiger partial charge in [-0.1, -0.05) is 106 Å². The van der Waals surface area contributed by atoms with Crippen LogP contribution < -0.4 is 9.80 Å². The molecule has 7 heteroatoms. The highest BCUT2D eigenvalue weighted by Gasteiger charge is 2.41. The van der Waals surface area contributed by atoms with Gasteiger partial charge in [-0.2, -0.15) is 0 Å². The maximum Gasteiger partial charge on any atom is 0.0681 e. The maximum absolute atomic E-state index is 9.76. The number of nitrogens with zero attached hydrogens (tertiary/aromatic N) is 5. The van der Waals surface area contributed by atoms with Crippen LogP contribution in [0.1, 0.15) is 168 Å². The Morgan fingerprint density at radius 1 is 0.525 bits per heavy atom. The third kappa shape index (κ3) is 13.9. The summed E-state index contributed by atoms with van der Waals surface area (Å²) in [7, 11) is 0. The maximum atomic E-state index is 9.76. The quantitative estimate of drug-likeness (QED) is 0.216. The molecule has 2 saturated carbocycles. The second kappa shape index (κ2) is 21.2. The van der Waals surface area contributed by atoms with E-state index in [4.69, 9.17) is 4.74 Å². The molecule has 5 aliphatic rings. The summed E-state index contributed by atoms with van der Waals surface area (Å²) in [4.78, 5) is 13.1. The number of ether oxygens (including phenoxy) is 1. The number of unbranched alkanes of at least 4 members (excludes halogenated alkanes) is 2. The molecule has 3 aliphatic heterocycles. The Labute approximate surface area is 374 Å². The van der Waals surface area contributed by atoms with Gasteiger partial charge in [0.1, 0.15) is 0 Å². The van der Waals surface area contributed by atoms with E-state index < -0.39 is 0 Å². The van der Waals surface area contributed by atoms with Gasteiger partial charge in [0.05, 0.1) is 19.8 Å². The summed E-state index contributed by atoms with van der Waals surface area (Å²) in [6, 6.07) is 14.2. The van der Waals surface area contributed by atoms with Gasteiger partial charge < -0.3 is 19.6 Å². The van der Waals surface area contributed by atoms with Gasteiger partial charge in [-0.3, -0.25) is 14.7 Å². The number of anilines is 2. The molecule has 0 spiro atoms. The van der Waals surface area contributed by atoms with Gasteiger partial charge in [0.15, 0.2) is 0 Å². The fraction of sp³-hybridized carbons (Fsp3) is 0.778. The molecule has 344 valence electrons. The zero-order valence-corrected chi connectivity index (χ0v) is 41.1. The molecule has 7 nitrogen and oxygen atoms in total. The number of aliphatic hydroxyl groups is 1. The molecule has 2 aromatic rings. The van der Waals surface area contributed by atoms with Gasteiger partial charge in [0.25, 0.3) is 0 Å². The molecule has 2 aromatic carbocycles. The number of piperazine rings is 2. The molecule has 7 rings (SSSR count). The van der Waals surface area contributed by atoms with Gasteiger partial charge >= 0.3 is 0 Å². The predicted molar refractivity (Wildman–Crippen MR) is 260 cm³/mol. The lowest BCUT2D eigenvalue weighted by Crippen LogP contribution is -2.47. The van der Waals surface area contributed by atoms with E-state index in [1.165, 1.54) is 139 Å². The summed E-state index contributed by atoms with van der Waals surface area (Å²) in [6.45, 7) is 41.2. The second-order valence-electron chi connectivity index (χ2n) is 23.4. The molecule has 0 bridgehead atoms. The van der Waals surface area contributed by atoms with Crippen LogP contribution in [0, 0.1) is 21.7 Å². The van der Waals surface area contributed by atoms with E-state index in [1.807, 2.05) is 0 Å². The van der Waals surface area contributed by atoms with E-state index in [9.17, 15) is 5.11 Å². The Balaban J connectivity index is 0.000000207. The highest BCUT2D eigenvalue weighted by molar-refractivity contribution is 5.58. The molecular formula is C54H91N5O2. The molecule has 0 unspecified atom stereocenters. The Kier molecular flexibility index (Phi) is 16.8. The third-order valence-corrected chi connectivity index (χ3v) is 14.9. The molecule has 1 N–H and O–H groups in total. The van der Waals surface area contributed by atoms with Crippen LogP contribution in [-0.4, -0.2) is 112 Å². The molecule has 5 fully saturated rings. The summed E-state index contributed by atoms with van der Waals surface area (Å²) in [5.41, 5.74) is 10.2. The van der Waals surface area contributed by atoms with Crippen molar-refractivity contribution in [3.63, 3.8) is 0 Å². The summed E-state index contributed by atoms with van der Waals surface area (Å²) >= 11 is 0. The van der Waals surface area contributed by atoms with Gasteiger partial charge in [-0.25, -0.2) is 0 Å². The van der Waals surface area contributed by atoms with E-state index in [1.54, 1.807) is 5.56 Å². The lowest BCUT2D eigenvalue weighted by atomic mass is 9.60. The zero-order valence-electron chi connectivity index (χ0n) is 41.1. The Bertz CT molecular complexity index is 1610. The molecule has 61 heavy (non-hydrogen) atoms. The molecule has 0 atom stereocenters. The number of benzene rings is 2. The number of morpholine rings is 1. The van der Waals surface area contributed by atoms with Crippen molar-refractivity contribution in [2.45, 2.75) is 158 Å². The minimum Gasteiger partial charge on any atom is -0.392 e. The third-order valence-electron chi connectivity index (χ3n) is 14.9. The van der Waals surface area contributed by atoms with Crippen molar-refractivity contribution >= 4 is 11.4 Å². The smallest absolute Gasteiger partial charge is 0.0681 e. The van der Waals surface area contributed by atoms with Crippen LogP contribution in [0.15, 0.2) is 36.4 Å². The average molecular weight is 842 g/mol. The first-order chi connectivity index (χ1) is 29.0. The monoisotopic (exact) mass is 842 g/mol. The fourth-order valence-electron chi connectivity index (χ4n) is 13.0. The summed E-state index contributed by atoms with van der Waals surface area (Å²) < 4.78 is 5.58. The molecule has 3 saturated heterocycles. The topological polar surface area (TPSA) is 45.7 Å². The highest BCUT2D eigenvalue weighted by Crippen LogP contribution is 2.54. The highest BCUT2D eigenvalue weighted by atomic mass is 16.5. The van der Waals surface area contributed by atoms with Crippen molar-refractivity contribution in [2.24, 2.45) is 21.7 Å². The van der Waals surface area contributed by atoms with Gasteiger partial charge in [0.2, 0.25) is 0 Å². The van der Waals surface area contributed by atoms with Gasteiger partial charge in [-0.15, -0.1) is 0 Å². The van der Waals surface area contributed by atoms with Crippen LogP contribution >= 0.6 is 0 Å². The molecule has 0 aromatic heterocycles. The van der Waals surface area contributed by atoms with Crippen molar-refractivity contribution in [3.8, 4) is 0 Å². The minimum atomic E-state index is 0.136. The van der Waals surface area contributed by atoms with Crippen molar-refractivity contribution in [2.75, 3.05) is 102 Å². The molecule has 3 heterocycles. The van der Waals surface area contributed by atoms with E-state index in [2.05, 4.69) is 130 Å². The second-order valence-corrected chi connectivity index (χ2v) is 23.4. The van der Waals surface area contributed by atoms with Crippen LogP contribution in [0.25, 0.3) is 0 Å². The van der Waals surface area contributed by atoms with Crippen molar-refractivity contribution in [1.82, 2.24) is 14.7 Å². The van der Waals surface area contributed by atoms with Crippen LogP contribution in [-0.2, 0) is 17.9 Å². The van der Waals surface area contributed by atoms with E-state index in [0.29, 0.717) is 33.5 Å². The Hall–Kier alpha value is -2.16. The van der Waals surface area contributed by atoms with Crippen LogP contribution in [0.3, 0.4) is 0 Å². The number of hydrogen-bond donors (Lipinski definition) is 1. The standard InChI is InChI=1S/C29H49N3O.C25H42N2O/c1-6-7-10-30-11-13-32(14-12-30)27-9-8-24(22-31-15-17-33-18-16-31)19-26(27)25-20-28(2,3)23-29(4,5)21-25;1-6-7-10-26-11-13-27(14-12-26)23-9-8-20(18-28)15-22(23)21-16-24(2,3)19-25(4,5)17-21/h8-9,19,25H,6-7,10-18,20-23H2,1-5H3;8-9,15,21,28H,6-7,10-14,16-19H2,1-5H3. The van der Waals surface area contributed by atoms with Gasteiger partial charge in [-0.05, 0) is 132 Å².